The van der Waals surface area contributed by atoms with Crippen LogP contribution in [0.5, 0.6) is 5.75 Å². The summed E-state index contributed by atoms with van der Waals surface area (Å²) in [5.41, 5.74) is 1.06. The summed E-state index contributed by atoms with van der Waals surface area (Å²) in [4.78, 5) is 11.1. The molecule has 110 valence electrons. The van der Waals surface area contributed by atoms with Gasteiger partial charge in [0, 0.05) is 6.61 Å². The van der Waals surface area contributed by atoms with E-state index in [0.717, 1.165) is 12.2 Å². The lowest BCUT2D eigenvalue weighted by Crippen LogP contribution is -2.13. The summed E-state index contributed by atoms with van der Waals surface area (Å²) in [6.45, 7) is 1.23. The summed E-state index contributed by atoms with van der Waals surface area (Å²) in [7, 11) is 1.47. The number of ether oxygens (including phenoxy) is 2. The van der Waals surface area contributed by atoms with Crippen LogP contribution < -0.4 is 4.74 Å². The van der Waals surface area contributed by atoms with Crippen LogP contribution in [0.2, 0.25) is 0 Å². The largest absolute Gasteiger partial charge is 0.496 e. The number of hydrogen-bond donors (Lipinski definition) is 1. The van der Waals surface area contributed by atoms with E-state index in [-0.39, 0.29) is 5.56 Å². The molecule has 4 nitrogen and oxygen atoms in total. The number of hydrogen-bond acceptors (Lipinski definition) is 3. The molecule has 20 heavy (non-hydrogen) atoms. The summed E-state index contributed by atoms with van der Waals surface area (Å²) in [6, 6.07) is 5.16. The van der Waals surface area contributed by atoms with Gasteiger partial charge >= 0.3 is 5.97 Å². The van der Waals surface area contributed by atoms with Gasteiger partial charge in [0.25, 0.3) is 0 Å². The van der Waals surface area contributed by atoms with Crippen molar-refractivity contribution in [3.05, 3.63) is 29.3 Å². The molecule has 0 unspecified atom stereocenters. The predicted octanol–water partition coefficient (Wildman–Crippen LogP) is 3.49. The van der Waals surface area contributed by atoms with Gasteiger partial charge < -0.3 is 14.6 Å². The minimum Gasteiger partial charge on any atom is -0.496 e. The van der Waals surface area contributed by atoms with Crippen molar-refractivity contribution >= 4 is 5.97 Å². The minimum atomic E-state index is -0.976. The maximum atomic E-state index is 11.1. The number of carbonyl (C=O) groups is 1. The third-order valence-corrected chi connectivity index (χ3v) is 3.84. The number of carboxylic acid groups (broad SMARTS) is 1. The summed E-state index contributed by atoms with van der Waals surface area (Å²) in [6.07, 6.45) is 6.46. The molecule has 0 heterocycles. The van der Waals surface area contributed by atoms with Crippen molar-refractivity contribution in [3.63, 3.8) is 0 Å². The Kier molecular flexibility index (Phi) is 5.41. The zero-order valence-electron chi connectivity index (χ0n) is 11.9. The van der Waals surface area contributed by atoms with E-state index in [1.807, 2.05) is 6.07 Å². The molecule has 0 aliphatic heterocycles. The van der Waals surface area contributed by atoms with Crippen LogP contribution in [0.4, 0.5) is 0 Å². The third-order valence-electron chi connectivity index (χ3n) is 3.84. The van der Waals surface area contributed by atoms with Gasteiger partial charge in [-0.1, -0.05) is 25.3 Å². The Balaban J connectivity index is 1.89. The Morgan fingerprint density at radius 2 is 2.05 bits per heavy atom. The zero-order valence-corrected chi connectivity index (χ0v) is 11.9. The fourth-order valence-electron chi connectivity index (χ4n) is 2.71. The van der Waals surface area contributed by atoms with E-state index >= 15 is 0 Å². The summed E-state index contributed by atoms with van der Waals surface area (Å²) in [5, 5.41) is 9.13. The van der Waals surface area contributed by atoms with E-state index in [1.165, 1.54) is 39.2 Å². The van der Waals surface area contributed by atoms with Crippen LogP contribution in [0.1, 0.15) is 48.0 Å². The molecule has 1 aliphatic rings. The van der Waals surface area contributed by atoms with Crippen LogP contribution in [0, 0.1) is 5.92 Å². The Hall–Kier alpha value is -1.55. The topological polar surface area (TPSA) is 55.8 Å². The number of aromatic carboxylic acids is 1. The summed E-state index contributed by atoms with van der Waals surface area (Å²) in [5.74, 6) is 0.0745. The van der Waals surface area contributed by atoms with Crippen LogP contribution in [-0.4, -0.2) is 24.8 Å². The first-order valence-electron chi connectivity index (χ1n) is 7.18. The molecule has 0 spiro atoms. The van der Waals surface area contributed by atoms with Gasteiger partial charge in [-0.2, -0.15) is 0 Å². The second-order valence-electron chi connectivity index (χ2n) is 5.36. The Morgan fingerprint density at radius 3 is 2.70 bits per heavy atom. The van der Waals surface area contributed by atoms with Crippen molar-refractivity contribution < 1.29 is 19.4 Å². The quantitative estimate of drug-likeness (QED) is 0.865. The van der Waals surface area contributed by atoms with Crippen LogP contribution >= 0.6 is 0 Å². The van der Waals surface area contributed by atoms with Crippen molar-refractivity contribution in [3.8, 4) is 5.75 Å². The molecule has 1 aromatic carbocycles. The smallest absolute Gasteiger partial charge is 0.339 e. The highest BCUT2D eigenvalue weighted by molar-refractivity contribution is 5.91. The molecule has 0 amide bonds. The molecule has 1 N–H and O–H groups in total. The van der Waals surface area contributed by atoms with E-state index in [1.54, 1.807) is 12.1 Å². The normalized spacial score (nSPS) is 16.1. The molecule has 1 aromatic rings. The van der Waals surface area contributed by atoms with Gasteiger partial charge in [0.05, 0.1) is 13.7 Å². The average molecular weight is 278 g/mol. The monoisotopic (exact) mass is 278 g/mol. The Labute approximate surface area is 119 Å². The highest BCUT2D eigenvalue weighted by atomic mass is 16.5. The predicted molar refractivity (Wildman–Crippen MR) is 76.2 cm³/mol. The van der Waals surface area contributed by atoms with E-state index in [2.05, 4.69) is 0 Å². The van der Waals surface area contributed by atoms with Gasteiger partial charge in [0.1, 0.15) is 11.3 Å². The second-order valence-corrected chi connectivity index (χ2v) is 5.36. The van der Waals surface area contributed by atoms with Crippen LogP contribution in [0.3, 0.4) is 0 Å². The van der Waals surface area contributed by atoms with Gasteiger partial charge in [-0.3, -0.25) is 0 Å². The van der Waals surface area contributed by atoms with Crippen molar-refractivity contribution in [2.75, 3.05) is 13.7 Å². The lowest BCUT2D eigenvalue weighted by molar-refractivity contribution is 0.0688. The van der Waals surface area contributed by atoms with Gasteiger partial charge in [-0.15, -0.1) is 0 Å². The Bertz CT molecular complexity index is 450. The van der Waals surface area contributed by atoms with Crippen molar-refractivity contribution in [1.29, 1.82) is 0 Å². The van der Waals surface area contributed by atoms with Gasteiger partial charge in [-0.05, 0) is 36.5 Å². The highest BCUT2D eigenvalue weighted by Crippen LogP contribution is 2.24. The lowest BCUT2D eigenvalue weighted by Gasteiger charge is -2.21. The van der Waals surface area contributed by atoms with Crippen LogP contribution in [0.25, 0.3) is 0 Å². The molecule has 0 saturated heterocycles. The molecule has 1 aliphatic carbocycles. The van der Waals surface area contributed by atoms with E-state index < -0.39 is 5.97 Å². The minimum absolute atomic E-state index is 0.186. The standard InChI is InChI=1S/C16H22O4/c1-19-15-8-7-13(9-14(15)16(17)18)11-20-10-12-5-3-2-4-6-12/h7-9,12H,2-6,10-11H2,1H3,(H,17,18). The van der Waals surface area contributed by atoms with Crippen LogP contribution in [-0.2, 0) is 11.3 Å². The van der Waals surface area contributed by atoms with Crippen molar-refractivity contribution in [2.45, 2.75) is 38.7 Å². The fourth-order valence-corrected chi connectivity index (χ4v) is 2.71. The summed E-state index contributed by atoms with van der Waals surface area (Å²) >= 11 is 0. The molecule has 0 aromatic heterocycles. The highest BCUT2D eigenvalue weighted by Gasteiger charge is 2.14. The average Bonchev–Trinajstić information content (AvgIpc) is 2.48. The third kappa shape index (κ3) is 3.97. The molecule has 0 atom stereocenters. The fraction of sp³-hybridized carbons (Fsp3) is 0.562. The number of methoxy groups -OCH3 is 1. The molecular formula is C16H22O4. The van der Waals surface area contributed by atoms with E-state index in [4.69, 9.17) is 14.6 Å². The van der Waals surface area contributed by atoms with Crippen LogP contribution in [0.15, 0.2) is 18.2 Å². The molecule has 4 heteroatoms. The first-order valence-corrected chi connectivity index (χ1v) is 7.18. The first-order chi connectivity index (χ1) is 9.70. The molecule has 1 fully saturated rings. The Morgan fingerprint density at radius 1 is 1.30 bits per heavy atom. The maximum Gasteiger partial charge on any atom is 0.339 e. The van der Waals surface area contributed by atoms with E-state index in [9.17, 15) is 4.79 Å². The summed E-state index contributed by atoms with van der Waals surface area (Å²) < 4.78 is 10.8. The van der Waals surface area contributed by atoms with Gasteiger partial charge in [0.2, 0.25) is 0 Å². The maximum absolute atomic E-state index is 11.1. The number of carboxylic acids is 1. The molecule has 0 radical (unpaired) electrons. The zero-order chi connectivity index (χ0) is 14.4. The molecule has 2 rings (SSSR count). The second kappa shape index (κ2) is 7.29. The number of benzene rings is 1. The first kappa shape index (κ1) is 14.9. The van der Waals surface area contributed by atoms with Gasteiger partial charge in [-0.25, -0.2) is 4.79 Å². The molecule has 1 saturated carbocycles. The lowest BCUT2D eigenvalue weighted by atomic mass is 9.90. The SMILES string of the molecule is COc1ccc(COCC2CCCCC2)cc1C(=O)O. The van der Waals surface area contributed by atoms with E-state index in [0.29, 0.717) is 18.3 Å². The van der Waals surface area contributed by atoms with Gasteiger partial charge in [0.15, 0.2) is 0 Å². The molecule has 0 bridgehead atoms. The van der Waals surface area contributed by atoms with Crippen molar-refractivity contribution in [2.24, 2.45) is 5.92 Å². The van der Waals surface area contributed by atoms with Crippen molar-refractivity contribution in [1.82, 2.24) is 0 Å². The molecular weight excluding hydrogens is 256 g/mol. The number of rotatable bonds is 6.